The molecule has 0 radical (unpaired) electrons. The number of hydrogen-bond donors (Lipinski definition) is 0. The van der Waals surface area contributed by atoms with Gasteiger partial charge in [0.1, 0.15) is 10.8 Å². The molecule has 5 nitrogen and oxygen atoms in total. The molecule has 0 aliphatic rings. The van der Waals surface area contributed by atoms with Crippen molar-refractivity contribution in [3.63, 3.8) is 0 Å². The van der Waals surface area contributed by atoms with Crippen LogP contribution in [0.5, 0.6) is 0 Å². The second kappa shape index (κ2) is 6.57. The number of nitro benzene ring substituents is 1. The van der Waals surface area contributed by atoms with Gasteiger partial charge in [0.25, 0.3) is 5.69 Å². The predicted molar refractivity (Wildman–Crippen MR) is 91.5 cm³/mol. The van der Waals surface area contributed by atoms with E-state index in [-0.39, 0.29) is 29.4 Å². The van der Waals surface area contributed by atoms with Gasteiger partial charge in [0, 0.05) is 30.0 Å². The van der Waals surface area contributed by atoms with Crippen molar-refractivity contribution in [1.82, 2.24) is 0 Å². The van der Waals surface area contributed by atoms with E-state index in [2.05, 4.69) is 0 Å². The summed E-state index contributed by atoms with van der Waals surface area (Å²) >= 11 is 5.77. The van der Waals surface area contributed by atoms with E-state index in [1.165, 1.54) is 24.3 Å². The molecule has 0 saturated carbocycles. The molecule has 0 N–H and O–H groups in total. The van der Waals surface area contributed by atoms with Crippen LogP contribution in [0.1, 0.15) is 22.3 Å². The number of nitrogens with zero attached hydrogens (tertiary/aromatic N) is 1. The second-order valence-electron chi connectivity index (χ2n) is 5.64. The summed E-state index contributed by atoms with van der Waals surface area (Å²) in [5, 5.41) is 11.0. The first kappa shape index (κ1) is 17.0. The Morgan fingerprint density at radius 1 is 0.920 bits per heavy atom. The molecule has 3 aromatic carbocycles. The van der Waals surface area contributed by atoms with Crippen molar-refractivity contribution in [1.29, 1.82) is 0 Å². The molecule has 3 rings (SSSR count). The van der Waals surface area contributed by atoms with Gasteiger partial charge in [0.15, 0.2) is 0 Å². The topological polar surface area (TPSA) is 77.3 Å². The van der Waals surface area contributed by atoms with Crippen molar-refractivity contribution >= 4 is 17.3 Å². The molecule has 0 heterocycles. The fourth-order valence-corrected chi connectivity index (χ4v) is 2.86. The first-order valence-corrected chi connectivity index (χ1v) is 7.73. The van der Waals surface area contributed by atoms with Crippen LogP contribution in [0.4, 0.5) is 10.1 Å². The Balaban J connectivity index is 1.89. The number of halogens is 2. The number of hydrogen-bond acceptors (Lipinski definition) is 4. The van der Waals surface area contributed by atoms with Crippen LogP contribution in [-0.4, -0.2) is 4.92 Å². The highest BCUT2D eigenvalue weighted by Crippen LogP contribution is 2.26. The summed E-state index contributed by atoms with van der Waals surface area (Å²) in [7, 11) is 0. The molecule has 0 bridgehead atoms. The molecule has 3 aromatic rings. The molecule has 0 spiro atoms. The zero-order chi connectivity index (χ0) is 18.1. The quantitative estimate of drug-likeness (QED) is 0.398. The molecule has 0 unspecified atom stereocenters. The standard InChI is InChI=1S/C18H11ClFNO4/c19-15-6-3-11(9-16(15)21(24)25)8-14-13(17(22)18(14)23)7-10-1-4-12(20)5-2-10/h1-6,9H,7-8H2. The van der Waals surface area contributed by atoms with E-state index < -0.39 is 15.8 Å². The first-order chi connectivity index (χ1) is 11.9. The Hall–Kier alpha value is -2.86. The Kier molecular flexibility index (Phi) is 4.46. The van der Waals surface area contributed by atoms with Gasteiger partial charge in [-0.05, 0) is 29.3 Å². The van der Waals surface area contributed by atoms with Crippen molar-refractivity contribution < 1.29 is 9.31 Å². The van der Waals surface area contributed by atoms with Crippen molar-refractivity contribution in [3.05, 3.63) is 106 Å². The van der Waals surface area contributed by atoms with Crippen LogP contribution >= 0.6 is 11.6 Å². The minimum atomic E-state index is -0.604. The van der Waals surface area contributed by atoms with Gasteiger partial charge in [-0.25, -0.2) is 4.39 Å². The van der Waals surface area contributed by atoms with E-state index in [9.17, 15) is 24.1 Å². The van der Waals surface area contributed by atoms with Crippen LogP contribution in [0.25, 0.3) is 0 Å². The number of rotatable bonds is 5. The fraction of sp³-hybridized carbons (Fsp3) is 0.111. The lowest BCUT2D eigenvalue weighted by molar-refractivity contribution is -0.384. The van der Waals surface area contributed by atoms with Gasteiger partial charge >= 0.3 is 0 Å². The summed E-state index contributed by atoms with van der Waals surface area (Å²) < 4.78 is 13.0. The van der Waals surface area contributed by atoms with Gasteiger partial charge in [-0.1, -0.05) is 29.8 Å². The minimum absolute atomic E-state index is 0.00489. The largest absolute Gasteiger partial charge is 0.288 e. The van der Waals surface area contributed by atoms with Gasteiger partial charge in [0.2, 0.25) is 10.9 Å². The molecule has 25 heavy (non-hydrogen) atoms. The Labute approximate surface area is 146 Å². The maximum atomic E-state index is 13.0. The maximum absolute atomic E-state index is 13.0. The molecule has 7 heteroatoms. The SMILES string of the molecule is O=c1c(Cc2ccc(F)cc2)c(Cc2ccc(Cl)c([N+](=O)[O-])c2)c1=O. The van der Waals surface area contributed by atoms with Crippen molar-refractivity contribution in [2.45, 2.75) is 12.8 Å². The van der Waals surface area contributed by atoms with E-state index in [1.54, 1.807) is 18.2 Å². The van der Waals surface area contributed by atoms with Crippen molar-refractivity contribution in [3.8, 4) is 0 Å². The molecule has 0 fully saturated rings. The van der Waals surface area contributed by atoms with E-state index in [1.807, 2.05) is 0 Å². The average molecular weight is 360 g/mol. The lowest BCUT2D eigenvalue weighted by Gasteiger charge is -2.11. The molecule has 126 valence electrons. The van der Waals surface area contributed by atoms with E-state index in [4.69, 9.17) is 11.6 Å². The monoisotopic (exact) mass is 359 g/mol. The average Bonchev–Trinajstić information content (AvgIpc) is 2.60. The van der Waals surface area contributed by atoms with Gasteiger partial charge < -0.3 is 0 Å². The molecule has 0 saturated heterocycles. The number of benzene rings is 2. The molecular formula is C18H11ClFNO4. The van der Waals surface area contributed by atoms with E-state index >= 15 is 0 Å². The second-order valence-corrected chi connectivity index (χ2v) is 6.05. The van der Waals surface area contributed by atoms with Crippen LogP contribution in [0.2, 0.25) is 5.02 Å². The fourth-order valence-electron chi connectivity index (χ4n) is 2.68. The number of nitro groups is 1. The maximum Gasteiger partial charge on any atom is 0.288 e. The Bertz CT molecular complexity index is 1040. The highest BCUT2D eigenvalue weighted by atomic mass is 35.5. The zero-order valence-corrected chi connectivity index (χ0v) is 13.5. The molecule has 0 aromatic heterocycles. The van der Waals surface area contributed by atoms with Crippen molar-refractivity contribution in [2.24, 2.45) is 0 Å². The van der Waals surface area contributed by atoms with Gasteiger partial charge in [-0.15, -0.1) is 0 Å². The van der Waals surface area contributed by atoms with Gasteiger partial charge in [-0.3, -0.25) is 19.7 Å². The lowest BCUT2D eigenvalue weighted by Crippen LogP contribution is -2.40. The summed E-state index contributed by atoms with van der Waals surface area (Å²) in [6, 6.07) is 9.91. The van der Waals surface area contributed by atoms with Crippen LogP contribution in [0, 0.1) is 15.9 Å². The molecule has 0 aliphatic carbocycles. The van der Waals surface area contributed by atoms with Crippen LogP contribution in [0.15, 0.2) is 52.1 Å². The van der Waals surface area contributed by atoms with Gasteiger partial charge in [-0.2, -0.15) is 0 Å². The smallest absolute Gasteiger partial charge is 0.285 e. The molecule has 0 atom stereocenters. The Morgan fingerprint density at radius 3 is 2.00 bits per heavy atom. The van der Waals surface area contributed by atoms with E-state index in [0.717, 1.165) is 0 Å². The molecule has 0 aliphatic heterocycles. The molecule has 0 amide bonds. The zero-order valence-electron chi connectivity index (χ0n) is 12.8. The predicted octanol–water partition coefficient (Wildman–Crippen LogP) is 3.16. The summed E-state index contributed by atoms with van der Waals surface area (Å²) in [6.07, 6.45) is 0.328. The summed E-state index contributed by atoms with van der Waals surface area (Å²) in [5.74, 6) is -0.387. The summed E-state index contributed by atoms with van der Waals surface area (Å²) in [4.78, 5) is 34.1. The Morgan fingerprint density at radius 2 is 1.44 bits per heavy atom. The third-order valence-corrected chi connectivity index (χ3v) is 4.32. The normalized spacial score (nSPS) is 11.0. The molecular weight excluding hydrogens is 349 g/mol. The summed E-state index contributed by atoms with van der Waals surface area (Å²) in [5.41, 5.74) is 0.496. The highest BCUT2D eigenvalue weighted by molar-refractivity contribution is 6.32. The van der Waals surface area contributed by atoms with Crippen molar-refractivity contribution in [2.75, 3.05) is 0 Å². The lowest BCUT2D eigenvalue weighted by atomic mass is 9.90. The third kappa shape index (κ3) is 3.34. The summed E-state index contributed by atoms with van der Waals surface area (Å²) in [6.45, 7) is 0. The van der Waals surface area contributed by atoms with Gasteiger partial charge in [0.05, 0.1) is 4.92 Å². The van der Waals surface area contributed by atoms with Crippen LogP contribution in [0.3, 0.4) is 0 Å². The third-order valence-electron chi connectivity index (χ3n) is 4.00. The first-order valence-electron chi connectivity index (χ1n) is 7.35. The van der Waals surface area contributed by atoms with Crippen LogP contribution in [-0.2, 0) is 12.8 Å². The highest BCUT2D eigenvalue weighted by Gasteiger charge is 2.22. The van der Waals surface area contributed by atoms with Crippen LogP contribution < -0.4 is 10.9 Å². The minimum Gasteiger partial charge on any atom is -0.285 e. The van der Waals surface area contributed by atoms with E-state index in [0.29, 0.717) is 22.3 Å².